The molecule has 1 aliphatic heterocycles. The van der Waals surface area contributed by atoms with Crippen LogP contribution in [0.5, 0.6) is 5.75 Å². The molecule has 4 nitrogen and oxygen atoms in total. The van der Waals surface area contributed by atoms with Crippen molar-refractivity contribution in [2.24, 2.45) is 0 Å². The number of thioether (sulfide) groups is 1. The van der Waals surface area contributed by atoms with Crippen molar-refractivity contribution >= 4 is 56.4 Å². The average Bonchev–Trinajstić information content (AvgIpc) is 2.57. The van der Waals surface area contributed by atoms with Crippen LogP contribution >= 0.6 is 39.3 Å². The fourth-order valence-corrected chi connectivity index (χ4v) is 3.17. The molecule has 0 atom stereocenters. The summed E-state index contributed by atoms with van der Waals surface area (Å²) in [5, 5.41) is 10.4. The predicted octanol–water partition coefficient (Wildman–Crippen LogP) is 3.25. The van der Waals surface area contributed by atoms with Gasteiger partial charge in [0.15, 0.2) is 5.17 Å². The van der Waals surface area contributed by atoms with E-state index in [1.807, 2.05) is 0 Å². The Labute approximate surface area is 121 Å². The van der Waals surface area contributed by atoms with Crippen molar-refractivity contribution in [2.75, 3.05) is 7.11 Å². The van der Waals surface area contributed by atoms with Crippen LogP contribution in [0, 0.1) is 5.41 Å². The van der Waals surface area contributed by atoms with Gasteiger partial charge in [-0.25, -0.2) is 0 Å². The summed E-state index contributed by atoms with van der Waals surface area (Å²) < 4.78 is 5.97. The number of halogens is 2. The first-order valence-corrected chi connectivity index (χ1v) is 6.82. The molecule has 94 valence electrons. The highest BCUT2D eigenvalue weighted by molar-refractivity contribution is 9.10. The molecule has 0 aromatic heterocycles. The highest BCUT2D eigenvalue weighted by atomic mass is 79.9. The van der Waals surface area contributed by atoms with Gasteiger partial charge in [0, 0.05) is 10.6 Å². The number of ether oxygens (including phenoxy) is 1. The second-order valence-corrected chi connectivity index (χ2v) is 5.75. The molecule has 0 unspecified atom stereocenters. The van der Waals surface area contributed by atoms with E-state index >= 15 is 0 Å². The molecular weight excluding hydrogens is 340 g/mol. The summed E-state index contributed by atoms with van der Waals surface area (Å²) in [6.45, 7) is 0. The molecule has 2 N–H and O–H groups in total. The highest BCUT2D eigenvalue weighted by Gasteiger charge is 2.23. The van der Waals surface area contributed by atoms with E-state index in [4.69, 9.17) is 21.7 Å². The first-order valence-electron chi connectivity index (χ1n) is 4.83. The summed E-state index contributed by atoms with van der Waals surface area (Å²) in [6, 6.07) is 3.42. The van der Waals surface area contributed by atoms with Gasteiger partial charge in [-0.2, -0.15) is 0 Å². The molecule has 1 fully saturated rings. The standard InChI is InChI=1S/C11H8BrClN2O2S/c1-17-9-5(2-6(13)4-7(9)12)3-8-10(16)15-11(14)18-8/h2-4H,1H3,(H2,14,15,16)/b8-3-. The Morgan fingerprint density at radius 2 is 2.28 bits per heavy atom. The van der Waals surface area contributed by atoms with Crippen molar-refractivity contribution < 1.29 is 9.53 Å². The van der Waals surface area contributed by atoms with Crippen molar-refractivity contribution in [3.63, 3.8) is 0 Å². The molecule has 7 heteroatoms. The van der Waals surface area contributed by atoms with E-state index < -0.39 is 0 Å². The fraction of sp³-hybridized carbons (Fsp3) is 0.0909. The topological polar surface area (TPSA) is 62.2 Å². The zero-order chi connectivity index (χ0) is 13.3. The molecule has 18 heavy (non-hydrogen) atoms. The zero-order valence-electron chi connectivity index (χ0n) is 9.21. The molecule has 1 aliphatic rings. The third-order valence-corrected chi connectivity index (χ3v) is 3.83. The SMILES string of the molecule is COc1c(Br)cc(Cl)cc1/C=C1\SC(=N)NC1=O. The predicted molar refractivity (Wildman–Crippen MR) is 77.1 cm³/mol. The largest absolute Gasteiger partial charge is 0.495 e. The number of hydrogen-bond acceptors (Lipinski definition) is 4. The van der Waals surface area contributed by atoms with E-state index in [9.17, 15) is 4.79 Å². The smallest absolute Gasteiger partial charge is 0.264 e. The van der Waals surface area contributed by atoms with E-state index in [-0.39, 0.29) is 11.1 Å². The number of amides is 1. The fourth-order valence-electron chi connectivity index (χ4n) is 1.49. The first kappa shape index (κ1) is 13.5. The molecule has 1 aromatic rings. The van der Waals surface area contributed by atoms with Gasteiger partial charge in [-0.15, -0.1) is 0 Å². The van der Waals surface area contributed by atoms with Gasteiger partial charge < -0.3 is 10.1 Å². The van der Waals surface area contributed by atoms with Gasteiger partial charge in [0.2, 0.25) is 0 Å². The van der Waals surface area contributed by atoms with Crippen LogP contribution in [0.2, 0.25) is 5.02 Å². The van der Waals surface area contributed by atoms with Gasteiger partial charge >= 0.3 is 0 Å². The number of carbonyl (C=O) groups is 1. The lowest BCUT2D eigenvalue weighted by Crippen LogP contribution is -2.18. The molecule has 0 bridgehead atoms. The third kappa shape index (κ3) is 2.71. The van der Waals surface area contributed by atoms with Crippen LogP contribution in [0.1, 0.15) is 5.56 Å². The molecule has 1 heterocycles. The summed E-state index contributed by atoms with van der Waals surface area (Å²) in [7, 11) is 1.54. The van der Waals surface area contributed by atoms with Gasteiger partial charge in [0.25, 0.3) is 5.91 Å². The molecular formula is C11H8BrClN2O2S. The van der Waals surface area contributed by atoms with Crippen LogP contribution in [0.3, 0.4) is 0 Å². The summed E-state index contributed by atoms with van der Waals surface area (Å²) >= 11 is 10.4. The number of methoxy groups -OCH3 is 1. The van der Waals surface area contributed by atoms with Crippen molar-refractivity contribution in [1.29, 1.82) is 5.41 Å². The lowest BCUT2D eigenvalue weighted by atomic mass is 10.2. The van der Waals surface area contributed by atoms with Crippen LogP contribution in [-0.4, -0.2) is 18.2 Å². The molecule has 1 amide bonds. The van der Waals surface area contributed by atoms with Gasteiger partial charge in [-0.1, -0.05) is 11.6 Å². The van der Waals surface area contributed by atoms with E-state index in [1.165, 1.54) is 0 Å². The van der Waals surface area contributed by atoms with E-state index in [2.05, 4.69) is 21.2 Å². The van der Waals surface area contributed by atoms with Crippen molar-refractivity contribution in [1.82, 2.24) is 5.32 Å². The third-order valence-electron chi connectivity index (χ3n) is 2.19. The van der Waals surface area contributed by atoms with Crippen molar-refractivity contribution in [3.8, 4) is 5.75 Å². The summed E-state index contributed by atoms with van der Waals surface area (Å²) in [5.74, 6) is 0.307. The number of nitrogens with one attached hydrogen (secondary N) is 2. The highest BCUT2D eigenvalue weighted by Crippen LogP contribution is 2.35. The molecule has 2 rings (SSSR count). The number of carbonyl (C=O) groups excluding carboxylic acids is 1. The van der Waals surface area contributed by atoms with E-state index in [0.29, 0.717) is 25.7 Å². The summed E-state index contributed by atoms with van der Waals surface area (Å²) in [5.41, 5.74) is 0.684. The molecule has 1 aromatic carbocycles. The van der Waals surface area contributed by atoms with Crippen molar-refractivity contribution in [2.45, 2.75) is 0 Å². The second-order valence-electron chi connectivity index (χ2n) is 3.40. The molecule has 0 spiro atoms. The van der Waals surface area contributed by atoms with Crippen LogP contribution < -0.4 is 10.1 Å². The Hall–Kier alpha value is -0.980. The molecule has 0 radical (unpaired) electrons. The second kappa shape index (κ2) is 5.34. The Kier molecular flexibility index (Phi) is 3.99. The quantitative estimate of drug-likeness (QED) is 0.807. The van der Waals surface area contributed by atoms with Gasteiger partial charge in [0.1, 0.15) is 5.75 Å². The first-order chi connectivity index (χ1) is 8.51. The summed E-state index contributed by atoms with van der Waals surface area (Å²) in [6.07, 6.45) is 1.65. The number of amidine groups is 1. The minimum atomic E-state index is -0.289. The average molecular weight is 348 g/mol. The number of rotatable bonds is 2. The lowest BCUT2D eigenvalue weighted by Gasteiger charge is -2.08. The molecule has 0 saturated carbocycles. The number of hydrogen-bond donors (Lipinski definition) is 2. The minimum absolute atomic E-state index is 0.117. The normalized spacial score (nSPS) is 17.2. The number of benzene rings is 1. The lowest BCUT2D eigenvalue weighted by molar-refractivity contribution is -0.115. The monoisotopic (exact) mass is 346 g/mol. The Bertz CT molecular complexity index is 574. The van der Waals surface area contributed by atoms with E-state index in [1.54, 1.807) is 25.3 Å². The van der Waals surface area contributed by atoms with E-state index in [0.717, 1.165) is 11.8 Å². The van der Waals surface area contributed by atoms with Gasteiger partial charge in [-0.3, -0.25) is 10.2 Å². The van der Waals surface area contributed by atoms with Crippen LogP contribution in [-0.2, 0) is 4.79 Å². The van der Waals surface area contributed by atoms with Crippen LogP contribution in [0.25, 0.3) is 6.08 Å². The van der Waals surface area contributed by atoms with Gasteiger partial charge in [0.05, 0.1) is 16.5 Å². The molecule has 1 saturated heterocycles. The Balaban J connectivity index is 2.48. The van der Waals surface area contributed by atoms with Crippen LogP contribution in [0.15, 0.2) is 21.5 Å². The minimum Gasteiger partial charge on any atom is -0.495 e. The Morgan fingerprint density at radius 1 is 1.56 bits per heavy atom. The summed E-state index contributed by atoms with van der Waals surface area (Å²) in [4.78, 5) is 12.0. The maximum Gasteiger partial charge on any atom is 0.264 e. The maximum atomic E-state index is 11.5. The molecule has 0 aliphatic carbocycles. The van der Waals surface area contributed by atoms with Crippen LogP contribution in [0.4, 0.5) is 0 Å². The maximum absolute atomic E-state index is 11.5. The zero-order valence-corrected chi connectivity index (χ0v) is 12.4. The Morgan fingerprint density at radius 3 is 2.83 bits per heavy atom. The van der Waals surface area contributed by atoms with Crippen molar-refractivity contribution in [3.05, 3.63) is 32.1 Å². The van der Waals surface area contributed by atoms with Gasteiger partial charge in [-0.05, 0) is 45.9 Å².